The molecule has 0 aliphatic carbocycles. The predicted octanol–water partition coefficient (Wildman–Crippen LogP) is 3.13. The van der Waals surface area contributed by atoms with Gasteiger partial charge in [-0.05, 0) is 31.5 Å². The maximum Gasteiger partial charge on any atom is 0.259 e. The van der Waals surface area contributed by atoms with E-state index in [1.165, 1.54) is 0 Å². The van der Waals surface area contributed by atoms with Crippen LogP contribution >= 0.6 is 0 Å². The second kappa shape index (κ2) is 10.7. The highest BCUT2D eigenvalue weighted by Crippen LogP contribution is 2.22. The number of ether oxygens (including phenoxy) is 1. The fraction of sp³-hybridized carbons (Fsp3) is 0.370. The second-order valence-corrected chi connectivity index (χ2v) is 8.61. The highest BCUT2D eigenvalue weighted by atomic mass is 16.5. The quantitative estimate of drug-likeness (QED) is 0.542. The molecule has 1 aliphatic heterocycles. The molecule has 0 N–H and O–H groups in total. The lowest BCUT2D eigenvalue weighted by Crippen LogP contribution is -2.49. The van der Waals surface area contributed by atoms with E-state index in [0.29, 0.717) is 31.6 Å². The highest BCUT2D eigenvalue weighted by Gasteiger charge is 2.27. The Kier molecular flexibility index (Phi) is 7.43. The minimum absolute atomic E-state index is 0.173. The van der Waals surface area contributed by atoms with Gasteiger partial charge in [-0.25, -0.2) is 0 Å². The second-order valence-electron chi connectivity index (χ2n) is 8.61. The van der Waals surface area contributed by atoms with Crippen LogP contribution in [-0.4, -0.2) is 58.5 Å². The number of methoxy groups -OCH3 is 1. The molecule has 0 unspecified atom stereocenters. The summed E-state index contributed by atoms with van der Waals surface area (Å²) in [6.45, 7) is 7.91. The van der Waals surface area contributed by atoms with Crippen molar-refractivity contribution in [1.82, 2.24) is 19.4 Å². The van der Waals surface area contributed by atoms with Crippen molar-refractivity contribution in [2.75, 3.05) is 33.3 Å². The van der Waals surface area contributed by atoms with E-state index in [0.717, 1.165) is 48.0 Å². The molecule has 3 aromatic rings. The summed E-state index contributed by atoms with van der Waals surface area (Å²) >= 11 is 0. The van der Waals surface area contributed by atoms with Gasteiger partial charge in [-0.15, -0.1) is 0 Å². The van der Waals surface area contributed by atoms with Gasteiger partial charge in [0.1, 0.15) is 11.3 Å². The summed E-state index contributed by atoms with van der Waals surface area (Å²) in [7, 11) is 1.65. The molecule has 34 heavy (non-hydrogen) atoms. The summed E-state index contributed by atoms with van der Waals surface area (Å²) < 4.78 is 7.59. The van der Waals surface area contributed by atoms with Crippen molar-refractivity contribution in [1.29, 1.82) is 0 Å². The summed E-state index contributed by atoms with van der Waals surface area (Å²) in [5, 5.41) is 0. The zero-order valence-corrected chi connectivity index (χ0v) is 20.2. The van der Waals surface area contributed by atoms with Crippen LogP contribution < -0.4 is 10.2 Å². The lowest BCUT2D eigenvalue weighted by Gasteiger charge is -2.35. The zero-order valence-electron chi connectivity index (χ0n) is 20.2. The number of rotatable bonds is 7. The van der Waals surface area contributed by atoms with E-state index in [1.54, 1.807) is 19.4 Å². The molecule has 4 rings (SSSR count). The molecular weight excluding hydrogens is 428 g/mol. The first-order valence-corrected chi connectivity index (χ1v) is 11.8. The van der Waals surface area contributed by atoms with E-state index in [1.807, 2.05) is 61.2 Å². The molecule has 1 saturated heterocycles. The Labute approximate surface area is 200 Å². The fourth-order valence-electron chi connectivity index (χ4n) is 4.64. The maximum absolute atomic E-state index is 13.6. The summed E-state index contributed by atoms with van der Waals surface area (Å²) in [6.07, 6.45) is 2.39. The number of benzene rings is 1. The third kappa shape index (κ3) is 5.04. The summed E-state index contributed by atoms with van der Waals surface area (Å²) in [6, 6.07) is 15.3. The van der Waals surface area contributed by atoms with Crippen LogP contribution in [0.5, 0.6) is 5.75 Å². The SMILES string of the molecule is CCc1c(C(=O)N2CCN(Cc3ccccn3)CC2)c(=O)cc(C)n1Cc1ccccc1OC. The van der Waals surface area contributed by atoms with Gasteiger partial charge in [0, 0.05) is 61.9 Å². The van der Waals surface area contributed by atoms with Crippen LogP contribution in [0.2, 0.25) is 0 Å². The number of para-hydroxylation sites is 1. The summed E-state index contributed by atoms with van der Waals surface area (Å²) in [4.78, 5) is 35.1. The van der Waals surface area contributed by atoms with Gasteiger partial charge in [-0.3, -0.25) is 19.5 Å². The first-order valence-electron chi connectivity index (χ1n) is 11.8. The molecule has 7 heteroatoms. The minimum atomic E-state index is -0.202. The van der Waals surface area contributed by atoms with E-state index in [9.17, 15) is 9.59 Å². The summed E-state index contributed by atoms with van der Waals surface area (Å²) in [5.74, 6) is 0.618. The number of aromatic nitrogens is 2. The fourth-order valence-corrected chi connectivity index (χ4v) is 4.64. The van der Waals surface area contributed by atoms with Crippen LogP contribution in [0.25, 0.3) is 0 Å². The van der Waals surface area contributed by atoms with Gasteiger partial charge in [-0.2, -0.15) is 0 Å². The maximum atomic E-state index is 13.6. The van der Waals surface area contributed by atoms with E-state index < -0.39 is 0 Å². The number of carbonyl (C=O) groups excluding carboxylic acids is 1. The number of nitrogens with zero attached hydrogens (tertiary/aromatic N) is 4. The minimum Gasteiger partial charge on any atom is -0.496 e. The number of amides is 1. The molecule has 2 aromatic heterocycles. The Morgan fingerprint density at radius 1 is 1.03 bits per heavy atom. The molecular formula is C27H32N4O3. The van der Waals surface area contributed by atoms with Crippen molar-refractivity contribution in [3.8, 4) is 5.75 Å². The number of hydrogen-bond donors (Lipinski definition) is 0. The van der Waals surface area contributed by atoms with Gasteiger partial charge >= 0.3 is 0 Å². The van der Waals surface area contributed by atoms with Gasteiger partial charge in [0.15, 0.2) is 5.43 Å². The molecule has 0 radical (unpaired) electrons. The van der Waals surface area contributed by atoms with Gasteiger partial charge in [-0.1, -0.05) is 31.2 Å². The van der Waals surface area contributed by atoms with Crippen molar-refractivity contribution >= 4 is 5.91 Å². The van der Waals surface area contributed by atoms with Crippen LogP contribution in [0.3, 0.4) is 0 Å². The number of carbonyl (C=O) groups is 1. The normalized spacial score (nSPS) is 14.3. The van der Waals surface area contributed by atoms with Gasteiger partial charge in [0.2, 0.25) is 0 Å². The molecule has 1 amide bonds. The van der Waals surface area contributed by atoms with Crippen LogP contribution in [0, 0.1) is 6.92 Å². The zero-order chi connectivity index (χ0) is 24.1. The molecule has 3 heterocycles. The topological polar surface area (TPSA) is 67.7 Å². The average Bonchev–Trinajstić information content (AvgIpc) is 2.86. The van der Waals surface area contributed by atoms with Crippen LogP contribution in [-0.2, 0) is 19.5 Å². The number of hydrogen-bond acceptors (Lipinski definition) is 5. The highest BCUT2D eigenvalue weighted by molar-refractivity contribution is 5.95. The van der Waals surface area contributed by atoms with Crippen LogP contribution in [0.4, 0.5) is 0 Å². The summed E-state index contributed by atoms with van der Waals surface area (Å²) in [5.41, 5.74) is 3.73. The van der Waals surface area contributed by atoms with Crippen molar-refractivity contribution < 1.29 is 9.53 Å². The molecule has 7 nitrogen and oxygen atoms in total. The molecule has 1 fully saturated rings. The standard InChI is InChI=1S/C27H32N4O3/c1-4-23-26(24(32)17-20(2)31(23)18-21-9-5-6-11-25(21)34-3)27(33)30-15-13-29(14-16-30)19-22-10-7-8-12-28-22/h5-12,17H,4,13-16,18-19H2,1-3H3. The molecule has 1 aliphatic rings. The smallest absolute Gasteiger partial charge is 0.259 e. The Balaban J connectivity index is 1.56. The lowest BCUT2D eigenvalue weighted by atomic mass is 10.1. The lowest BCUT2D eigenvalue weighted by molar-refractivity contribution is 0.0623. The average molecular weight is 461 g/mol. The Hall–Kier alpha value is -3.45. The molecule has 0 spiro atoms. The Morgan fingerprint density at radius 2 is 1.76 bits per heavy atom. The van der Waals surface area contributed by atoms with Crippen molar-refractivity contribution in [2.24, 2.45) is 0 Å². The van der Waals surface area contributed by atoms with Gasteiger partial charge < -0.3 is 14.2 Å². The van der Waals surface area contributed by atoms with Crippen LogP contribution in [0.1, 0.15) is 39.9 Å². The number of aryl methyl sites for hydroxylation is 1. The number of piperazine rings is 1. The Bertz CT molecular complexity index is 1200. The molecule has 1 aromatic carbocycles. The van der Waals surface area contributed by atoms with E-state index in [2.05, 4.69) is 14.5 Å². The van der Waals surface area contributed by atoms with Gasteiger partial charge in [0.05, 0.1) is 19.3 Å². The van der Waals surface area contributed by atoms with Crippen molar-refractivity contribution in [2.45, 2.75) is 33.4 Å². The van der Waals surface area contributed by atoms with E-state index in [4.69, 9.17) is 4.74 Å². The molecule has 0 saturated carbocycles. The Morgan fingerprint density at radius 3 is 2.44 bits per heavy atom. The van der Waals surface area contributed by atoms with E-state index >= 15 is 0 Å². The predicted molar refractivity (Wildman–Crippen MR) is 132 cm³/mol. The third-order valence-corrected chi connectivity index (χ3v) is 6.47. The van der Waals surface area contributed by atoms with Crippen molar-refractivity contribution in [3.63, 3.8) is 0 Å². The van der Waals surface area contributed by atoms with Crippen LogP contribution in [0.15, 0.2) is 59.5 Å². The third-order valence-electron chi connectivity index (χ3n) is 6.47. The molecule has 178 valence electrons. The first-order chi connectivity index (χ1) is 16.5. The number of pyridine rings is 2. The van der Waals surface area contributed by atoms with E-state index in [-0.39, 0.29) is 11.3 Å². The monoisotopic (exact) mass is 460 g/mol. The largest absolute Gasteiger partial charge is 0.496 e. The van der Waals surface area contributed by atoms with Gasteiger partial charge in [0.25, 0.3) is 5.91 Å². The molecule has 0 bridgehead atoms. The molecule has 0 atom stereocenters. The first kappa shape index (κ1) is 23.7. The van der Waals surface area contributed by atoms with Crippen molar-refractivity contribution in [3.05, 3.63) is 93.2 Å².